The summed E-state index contributed by atoms with van der Waals surface area (Å²) in [6, 6.07) is 9.07. The van der Waals surface area contributed by atoms with Crippen molar-refractivity contribution < 1.29 is 24.9 Å². The molecular weight excluding hydrogens is 330 g/mol. The van der Waals surface area contributed by atoms with E-state index in [1.165, 1.54) is 24.4 Å². The first-order valence-corrected chi connectivity index (χ1v) is 7.51. The number of nitrogens with zero attached hydrogens (tertiary/aromatic N) is 2. The molecule has 1 aromatic carbocycles. The molecule has 0 bridgehead atoms. The normalized spacial score (nSPS) is 28.8. The number of hydrogen-bond donors (Lipinski definition) is 4. The number of anilines is 1. The summed E-state index contributed by atoms with van der Waals surface area (Å²) >= 11 is 0. The minimum absolute atomic E-state index is 0.0450. The summed E-state index contributed by atoms with van der Waals surface area (Å²) in [5.41, 5.74) is 2.20. The Morgan fingerprint density at radius 2 is 2.00 bits per heavy atom. The van der Waals surface area contributed by atoms with Gasteiger partial charge >= 0.3 is 5.69 Å². The van der Waals surface area contributed by atoms with E-state index in [0.717, 1.165) is 4.57 Å². The van der Waals surface area contributed by atoms with Gasteiger partial charge in [-0.25, -0.2) is 4.79 Å². The van der Waals surface area contributed by atoms with Crippen LogP contribution in [0.2, 0.25) is 0 Å². The maximum absolute atomic E-state index is 12.9. The highest BCUT2D eigenvalue weighted by atomic mass is 16.6. The van der Waals surface area contributed by atoms with E-state index in [-0.39, 0.29) is 11.4 Å². The van der Waals surface area contributed by atoms with Crippen molar-refractivity contribution in [2.75, 3.05) is 12.3 Å². The van der Waals surface area contributed by atoms with Gasteiger partial charge in [-0.05, 0) is 6.07 Å². The number of nitrogens with two attached hydrogens (primary N) is 1. The standard InChI is InChI=1S/C16H17N3O6/c17-11-6-7-19(15(23)18-11)14-16(24,13(22)10(8-20)25-14)12(21)9-4-2-1-3-5-9/h1-7,10,13-14,20,22,24H,8H2,(H2,17,18,23)/t10-,13-,14-,16+/m1/s1. The van der Waals surface area contributed by atoms with E-state index in [1.54, 1.807) is 18.2 Å². The van der Waals surface area contributed by atoms with Gasteiger partial charge < -0.3 is 25.8 Å². The molecule has 1 aromatic heterocycles. The van der Waals surface area contributed by atoms with Gasteiger partial charge in [0.2, 0.25) is 11.4 Å². The summed E-state index contributed by atoms with van der Waals surface area (Å²) in [4.78, 5) is 28.5. The quantitative estimate of drug-likeness (QED) is 0.498. The van der Waals surface area contributed by atoms with Crippen LogP contribution in [0.15, 0.2) is 47.4 Å². The van der Waals surface area contributed by atoms with Crippen molar-refractivity contribution >= 4 is 11.6 Å². The highest BCUT2D eigenvalue weighted by Gasteiger charge is 2.61. The predicted octanol–water partition coefficient (Wildman–Crippen LogP) is -1.31. The fraction of sp³-hybridized carbons (Fsp3) is 0.312. The molecule has 1 fully saturated rings. The van der Waals surface area contributed by atoms with Crippen molar-refractivity contribution in [2.24, 2.45) is 0 Å². The van der Waals surface area contributed by atoms with E-state index < -0.39 is 42.1 Å². The first-order chi connectivity index (χ1) is 11.9. The van der Waals surface area contributed by atoms with Crippen LogP contribution in [0.4, 0.5) is 5.82 Å². The molecule has 1 aliphatic heterocycles. The zero-order chi connectivity index (χ0) is 18.2. The van der Waals surface area contributed by atoms with Crippen LogP contribution in [0, 0.1) is 0 Å². The zero-order valence-corrected chi connectivity index (χ0v) is 13.0. The third-order valence-electron chi connectivity index (χ3n) is 4.17. The van der Waals surface area contributed by atoms with Gasteiger partial charge in [0, 0.05) is 11.8 Å². The number of carbonyl (C=O) groups is 1. The summed E-state index contributed by atoms with van der Waals surface area (Å²) in [6.45, 7) is -0.654. The van der Waals surface area contributed by atoms with Gasteiger partial charge in [0.15, 0.2) is 6.23 Å². The molecule has 0 amide bonds. The Morgan fingerprint density at radius 3 is 2.60 bits per heavy atom. The van der Waals surface area contributed by atoms with Gasteiger partial charge in [-0.1, -0.05) is 30.3 Å². The molecule has 0 radical (unpaired) electrons. The number of aromatic nitrogens is 2. The second kappa shape index (κ2) is 6.37. The highest BCUT2D eigenvalue weighted by Crippen LogP contribution is 2.40. The monoisotopic (exact) mass is 347 g/mol. The molecule has 0 unspecified atom stereocenters. The Bertz CT molecular complexity index is 839. The summed E-state index contributed by atoms with van der Waals surface area (Å²) in [7, 11) is 0. The maximum Gasteiger partial charge on any atom is 0.351 e. The van der Waals surface area contributed by atoms with Crippen LogP contribution in [0.1, 0.15) is 16.6 Å². The van der Waals surface area contributed by atoms with E-state index in [4.69, 9.17) is 10.5 Å². The lowest BCUT2D eigenvalue weighted by Gasteiger charge is -2.30. The molecule has 0 saturated carbocycles. The minimum atomic E-state index is -2.49. The molecule has 2 aromatic rings. The van der Waals surface area contributed by atoms with Gasteiger partial charge in [0.05, 0.1) is 6.61 Å². The zero-order valence-electron chi connectivity index (χ0n) is 13.0. The number of ketones is 1. The van der Waals surface area contributed by atoms with Crippen molar-refractivity contribution in [1.29, 1.82) is 0 Å². The first-order valence-electron chi connectivity index (χ1n) is 7.51. The molecule has 0 spiro atoms. The second-order valence-corrected chi connectivity index (χ2v) is 5.72. The van der Waals surface area contributed by atoms with Gasteiger partial charge in [-0.15, -0.1) is 0 Å². The highest BCUT2D eigenvalue weighted by molar-refractivity contribution is 6.03. The lowest BCUT2D eigenvalue weighted by atomic mass is 9.85. The van der Waals surface area contributed by atoms with E-state index in [0.29, 0.717) is 0 Å². The first kappa shape index (κ1) is 17.2. The van der Waals surface area contributed by atoms with Gasteiger partial charge in [-0.2, -0.15) is 4.98 Å². The molecule has 3 rings (SSSR count). The fourth-order valence-electron chi connectivity index (χ4n) is 2.87. The summed E-state index contributed by atoms with van der Waals surface area (Å²) < 4.78 is 6.26. The average molecular weight is 347 g/mol. The van der Waals surface area contributed by atoms with Gasteiger partial charge in [-0.3, -0.25) is 9.36 Å². The Kier molecular flexibility index (Phi) is 4.39. The van der Waals surface area contributed by atoms with Crippen molar-refractivity contribution in [3.63, 3.8) is 0 Å². The average Bonchev–Trinajstić information content (AvgIpc) is 2.87. The molecule has 5 N–H and O–H groups in total. The summed E-state index contributed by atoms with van der Waals surface area (Å²) in [5, 5.41) is 30.8. The summed E-state index contributed by atoms with van der Waals surface area (Å²) in [5.74, 6) is -0.887. The molecule has 9 heteroatoms. The van der Waals surface area contributed by atoms with Crippen LogP contribution >= 0.6 is 0 Å². The number of nitrogen functional groups attached to an aromatic ring is 1. The van der Waals surface area contributed by atoms with E-state index in [9.17, 15) is 24.9 Å². The molecule has 25 heavy (non-hydrogen) atoms. The van der Waals surface area contributed by atoms with Gasteiger partial charge in [0.25, 0.3) is 0 Å². The Hall–Kier alpha value is -2.59. The molecule has 132 valence electrons. The molecule has 4 atom stereocenters. The predicted molar refractivity (Wildman–Crippen MR) is 85.6 cm³/mol. The Labute approximate surface area is 141 Å². The van der Waals surface area contributed by atoms with Crippen LogP contribution in [0.25, 0.3) is 0 Å². The Balaban J connectivity index is 2.12. The van der Waals surface area contributed by atoms with E-state index in [2.05, 4.69) is 4.98 Å². The van der Waals surface area contributed by atoms with Crippen molar-refractivity contribution in [3.05, 3.63) is 58.6 Å². The molecule has 1 aliphatic rings. The van der Waals surface area contributed by atoms with Gasteiger partial charge in [0.1, 0.15) is 18.0 Å². The molecule has 1 saturated heterocycles. The van der Waals surface area contributed by atoms with Crippen molar-refractivity contribution in [3.8, 4) is 0 Å². The lowest BCUT2D eigenvalue weighted by Crippen LogP contribution is -2.54. The minimum Gasteiger partial charge on any atom is -0.394 e. The molecule has 0 aliphatic carbocycles. The molecule has 2 heterocycles. The van der Waals surface area contributed by atoms with E-state index in [1.807, 2.05) is 0 Å². The number of Topliss-reactive ketones (excluding diaryl/α,β-unsaturated/α-hetero) is 1. The Morgan fingerprint density at radius 1 is 1.32 bits per heavy atom. The number of rotatable bonds is 4. The number of ether oxygens (including phenoxy) is 1. The summed E-state index contributed by atoms with van der Waals surface area (Å²) in [6.07, 6.45) is -3.38. The lowest BCUT2D eigenvalue weighted by molar-refractivity contribution is -0.0858. The van der Waals surface area contributed by atoms with Crippen LogP contribution in [0.3, 0.4) is 0 Å². The number of carbonyl (C=O) groups excluding carboxylic acids is 1. The third kappa shape index (κ3) is 2.72. The molecular formula is C16H17N3O6. The largest absolute Gasteiger partial charge is 0.394 e. The van der Waals surface area contributed by atoms with Crippen LogP contribution in [0.5, 0.6) is 0 Å². The smallest absolute Gasteiger partial charge is 0.351 e. The van der Waals surface area contributed by atoms with Crippen LogP contribution in [-0.4, -0.2) is 55.1 Å². The van der Waals surface area contributed by atoms with Crippen LogP contribution < -0.4 is 11.4 Å². The SMILES string of the molecule is Nc1ccn([C@@H]2O[C@H](CO)[C@@H](O)[C@@]2(O)C(=O)c2ccccc2)c(=O)n1. The van der Waals surface area contributed by atoms with E-state index >= 15 is 0 Å². The number of benzene rings is 1. The fourth-order valence-corrected chi connectivity index (χ4v) is 2.87. The van der Waals surface area contributed by atoms with Crippen LogP contribution in [-0.2, 0) is 4.74 Å². The topological polar surface area (TPSA) is 148 Å². The van der Waals surface area contributed by atoms with Crippen molar-refractivity contribution in [2.45, 2.75) is 24.0 Å². The molecule has 9 nitrogen and oxygen atoms in total. The number of aliphatic hydroxyl groups is 3. The second-order valence-electron chi connectivity index (χ2n) is 5.72. The number of aliphatic hydroxyl groups excluding tert-OH is 2. The maximum atomic E-state index is 12.9. The third-order valence-corrected chi connectivity index (χ3v) is 4.17. The van der Waals surface area contributed by atoms with Crippen molar-refractivity contribution in [1.82, 2.24) is 9.55 Å². The number of hydrogen-bond acceptors (Lipinski definition) is 8.